The zero-order valence-electron chi connectivity index (χ0n) is 11.9. The van der Waals surface area contributed by atoms with Crippen LogP contribution in [0, 0.1) is 17.0 Å². The highest BCUT2D eigenvalue weighted by atomic mass is 79.9. The fraction of sp³-hybridized carbons (Fsp3) is 0.0667. The summed E-state index contributed by atoms with van der Waals surface area (Å²) in [4.78, 5) is 22.2. The van der Waals surface area contributed by atoms with E-state index in [0.717, 1.165) is 10.0 Å². The van der Waals surface area contributed by atoms with Crippen LogP contribution in [0.15, 0.2) is 46.0 Å². The van der Waals surface area contributed by atoms with Crippen molar-refractivity contribution in [1.82, 2.24) is 5.43 Å². The third-order valence-corrected chi connectivity index (χ3v) is 4.19. The molecule has 23 heavy (non-hydrogen) atoms. The SMILES string of the molecule is Cc1ccc(C(=O)NN=Cc2cc([N+](=O)[O-])ccc2Cl)cc1Br. The standard InChI is InChI=1S/C15H11BrClN3O3/c1-9-2-3-10(7-13(9)16)15(21)19-18-8-11-6-12(20(22)23)4-5-14(11)17/h2-8H,1H3,(H,19,21). The molecule has 118 valence electrons. The van der Waals surface area contributed by atoms with E-state index in [1.54, 1.807) is 18.2 Å². The van der Waals surface area contributed by atoms with Gasteiger partial charge in [-0.05, 0) is 30.7 Å². The highest BCUT2D eigenvalue weighted by Crippen LogP contribution is 2.20. The van der Waals surface area contributed by atoms with Gasteiger partial charge < -0.3 is 0 Å². The van der Waals surface area contributed by atoms with E-state index in [4.69, 9.17) is 11.6 Å². The van der Waals surface area contributed by atoms with Gasteiger partial charge in [0.15, 0.2) is 0 Å². The molecule has 0 unspecified atom stereocenters. The van der Waals surface area contributed by atoms with Gasteiger partial charge in [0.25, 0.3) is 11.6 Å². The number of nitrogens with zero attached hydrogens (tertiary/aromatic N) is 2. The van der Waals surface area contributed by atoms with Crippen molar-refractivity contribution in [3.8, 4) is 0 Å². The molecule has 0 fully saturated rings. The summed E-state index contributed by atoms with van der Waals surface area (Å²) in [6, 6.07) is 9.13. The zero-order valence-corrected chi connectivity index (χ0v) is 14.3. The maximum atomic E-state index is 12.0. The van der Waals surface area contributed by atoms with E-state index in [9.17, 15) is 14.9 Å². The van der Waals surface area contributed by atoms with Gasteiger partial charge in [-0.15, -0.1) is 0 Å². The number of benzene rings is 2. The highest BCUT2D eigenvalue weighted by molar-refractivity contribution is 9.10. The van der Waals surface area contributed by atoms with Gasteiger partial charge >= 0.3 is 0 Å². The highest BCUT2D eigenvalue weighted by Gasteiger charge is 2.09. The van der Waals surface area contributed by atoms with Gasteiger partial charge in [-0.25, -0.2) is 5.43 Å². The van der Waals surface area contributed by atoms with E-state index in [1.807, 2.05) is 6.92 Å². The molecular weight excluding hydrogens is 386 g/mol. The third kappa shape index (κ3) is 4.37. The lowest BCUT2D eigenvalue weighted by molar-refractivity contribution is -0.384. The second-order valence-electron chi connectivity index (χ2n) is 4.63. The molecule has 0 aliphatic carbocycles. The molecule has 8 heteroatoms. The monoisotopic (exact) mass is 395 g/mol. The number of nitrogens with one attached hydrogen (secondary N) is 1. The molecule has 0 saturated heterocycles. The first-order chi connectivity index (χ1) is 10.9. The van der Waals surface area contributed by atoms with Crippen LogP contribution in [0.25, 0.3) is 0 Å². The number of non-ortho nitro benzene ring substituents is 1. The van der Waals surface area contributed by atoms with Crippen LogP contribution in [0.5, 0.6) is 0 Å². The minimum atomic E-state index is -0.532. The number of halogens is 2. The largest absolute Gasteiger partial charge is 0.271 e. The van der Waals surface area contributed by atoms with Crippen LogP contribution in [0.2, 0.25) is 5.02 Å². The molecule has 6 nitrogen and oxygen atoms in total. The molecule has 2 aromatic carbocycles. The molecule has 1 N–H and O–H groups in total. The van der Waals surface area contributed by atoms with Crippen molar-refractivity contribution in [3.05, 3.63) is 72.7 Å². The Hall–Kier alpha value is -2.25. The molecule has 1 amide bonds. The van der Waals surface area contributed by atoms with Gasteiger partial charge in [0.1, 0.15) is 0 Å². The third-order valence-electron chi connectivity index (χ3n) is 2.99. The Kier molecular flexibility index (Phi) is 5.46. The Morgan fingerprint density at radius 2 is 2.09 bits per heavy atom. The number of nitro benzene ring substituents is 1. The fourth-order valence-electron chi connectivity index (χ4n) is 1.70. The van der Waals surface area contributed by atoms with E-state index in [2.05, 4.69) is 26.5 Å². The Morgan fingerprint density at radius 3 is 2.74 bits per heavy atom. The number of nitro groups is 1. The Balaban J connectivity index is 2.12. The summed E-state index contributed by atoms with van der Waals surface area (Å²) >= 11 is 9.29. The van der Waals surface area contributed by atoms with E-state index >= 15 is 0 Å². The van der Waals surface area contributed by atoms with Gasteiger partial charge in [-0.2, -0.15) is 5.10 Å². The van der Waals surface area contributed by atoms with Crippen molar-refractivity contribution in [3.63, 3.8) is 0 Å². The average molecular weight is 397 g/mol. The molecule has 0 aromatic heterocycles. The second kappa shape index (κ2) is 7.34. The Bertz CT molecular complexity index is 809. The summed E-state index contributed by atoms with van der Waals surface area (Å²) in [6.07, 6.45) is 1.26. The van der Waals surface area contributed by atoms with Crippen molar-refractivity contribution in [2.75, 3.05) is 0 Å². The summed E-state index contributed by atoms with van der Waals surface area (Å²) in [5.41, 5.74) is 4.03. The van der Waals surface area contributed by atoms with Gasteiger partial charge in [-0.1, -0.05) is 33.6 Å². The lowest BCUT2D eigenvalue weighted by atomic mass is 10.1. The molecule has 0 bridgehead atoms. The van der Waals surface area contributed by atoms with Crippen LogP contribution in [-0.2, 0) is 0 Å². The van der Waals surface area contributed by atoms with Gasteiger partial charge in [-0.3, -0.25) is 14.9 Å². The predicted octanol–water partition coefficient (Wildman–Crippen LogP) is 4.08. The molecule has 0 aliphatic heterocycles. The minimum absolute atomic E-state index is 0.107. The van der Waals surface area contributed by atoms with Gasteiger partial charge in [0.05, 0.1) is 11.1 Å². The van der Waals surface area contributed by atoms with Crippen molar-refractivity contribution in [2.45, 2.75) is 6.92 Å². The minimum Gasteiger partial charge on any atom is -0.267 e. The Labute approximate surface area is 145 Å². The zero-order chi connectivity index (χ0) is 17.0. The van der Waals surface area contributed by atoms with Crippen LogP contribution in [-0.4, -0.2) is 17.0 Å². The summed E-state index contributed by atoms with van der Waals surface area (Å²) in [5, 5.41) is 14.8. The normalized spacial score (nSPS) is 10.7. The first kappa shape index (κ1) is 17.1. The van der Waals surface area contributed by atoms with E-state index < -0.39 is 10.8 Å². The van der Waals surface area contributed by atoms with Crippen molar-refractivity contribution < 1.29 is 9.72 Å². The summed E-state index contributed by atoms with van der Waals surface area (Å²) < 4.78 is 0.816. The predicted molar refractivity (Wildman–Crippen MR) is 92.0 cm³/mol. The number of carbonyl (C=O) groups excluding carboxylic acids is 1. The molecular formula is C15H11BrClN3O3. The van der Waals surface area contributed by atoms with Crippen LogP contribution in [0.1, 0.15) is 21.5 Å². The van der Waals surface area contributed by atoms with E-state index in [0.29, 0.717) is 16.1 Å². The molecule has 0 spiro atoms. The number of carbonyl (C=O) groups is 1. The van der Waals surface area contributed by atoms with Crippen LogP contribution < -0.4 is 5.43 Å². The second-order valence-corrected chi connectivity index (χ2v) is 5.89. The lowest BCUT2D eigenvalue weighted by Gasteiger charge is -2.03. The molecule has 0 radical (unpaired) electrons. The van der Waals surface area contributed by atoms with Crippen LogP contribution >= 0.6 is 27.5 Å². The van der Waals surface area contributed by atoms with Gasteiger partial charge in [0, 0.05) is 32.8 Å². The number of hydrazone groups is 1. The topological polar surface area (TPSA) is 84.6 Å². The number of hydrogen-bond acceptors (Lipinski definition) is 4. The molecule has 2 aromatic rings. The number of amides is 1. The van der Waals surface area contributed by atoms with Crippen molar-refractivity contribution >= 4 is 45.3 Å². The molecule has 0 heterocycles. The first-order valence-electron chi connectivity index (χ1n) is 6.42. The van der Waals surface area contributed by atoms with E-state index in [1.165, 1.54) is 24.4 Å². The fourth-order valence-corrected chi connectivity index (χ4v) is 2.25. The average Bonchev–Trinajstić information content (AvgIpc) is 2.51. The molecule has 2 rings (SSSR count). The maximum absolute atomic E-state index is 12.0. The summed E-state index contributed by atoms with van der Waals surface area (Å²) in [5.74, 6) is -0.400. The molecule has 0 saturated carbocycles. The lowest BCUT2D eigenvalue weighted by Crippen LogP contribution is -2.17. The molecule has 0 aliphatic rings. The summed E-state index contributed by atoms with van der Waals surface area (Å²) in [7, 11) is 0. The number of aryl methyl sites for hydroxylation is 1. The smallest absolute Gasteiger partial charge is 0.267 e. The van der Waals surface area contributed by atoms with Crippen molar-refractivity contribution in [1.29, 1.82) is 0 Å². The van der Waals surface area contributed by atoms with E-state index in [-0.39, 0.29) is 5.69 Å². The number of hydrogen-bond donors (Lipinski definition) is 1. The maximum Gasteiger partial charge on any atom is 0.271 e. The van der Waals surface area contributed by atoms with Crippen LogP contribution in [0.3, 0.4) is 0 Å². The number of rotatable bonds is 4. The quantitative estimate of drug-likeness (QED) is 0.480. The van der Waals surface area contributed by atoms with Crippen LogP contribution in [0.4, 0.5) is 5.69 Å². The van der Waals surface area contributed by atoms with Gasteiger partial charge in [0.2, 0.25) is 0 Å². The summed E-state index contributed by atoms with van der Waals surface area (Å²) in [6.45, 7) is 1.91. The molecule has 0 atom stereocenters. The Morgan fingerprint density at radius 1 is 1.35 bits per heavy atom. The first-order valence-corrected chi connectivity index (χ1v) is 7.59. The van der Waals surface area contributed by atoms with Crippen molar-refractivity contribution in [2.24, 2.45) is 5.10 Å².